The summed E-state index contributed by atoms with van der Waals surface area (Å²) in [5.41, 5.74) is 0.680. The average molecular weight is 370 g/mol. The largest absolute Gasteiger partial charge is 0.353 e. The highest BCUT2D eigenvalue weighted by molar-refractivity contribution is 6.37. The molecule has 0 spiro atoms. The zero-order valence-electron chi connectivity index (χ0n) is 14.6. The molecule has 0 heterocycles. The number of unbranched alkanes of at least 4 members (excludes halogenated alkanes) is 8. The van der Waals surface area contributed by atoms with Gasteiger partial charge in [-0.05, 0) is 24.6 Å². The van der Waals surface area contributed by atoms with Gasteiger partial charge in [-0.2, -0.15) is 0 Å². The van der Waals surface area contributed by atoms with Crippen molar-refractivity contribution in [3.63, 3.8) is 0 Å². The van der Waals surface area contributed by atoms with Crippen LogP contribution < -0.4 is 5.32 Å². The molecule has 1 N–H and O–H groups in total. The van der Waals surface area contributed by atoms with Crippen LogP contribution in [0.3, 0.4) is 0 Å². The molecule has 1 aromatic rings. The molecule has 0 atom stereocenters. The van der Waals surface area contributed by atoms with Crippen molar-refractivity contribution in [1.29, 1.82) is 0 Å². The molecular weight excluding hydrogens is 341 g/mol. The van der Waals surface area contributed by atoms with Crippen LogP contribution in [0.4, 0.5) is 0 Å². The monoisotopic (exact) mass is 369 g/mol. The lowest BCUT2D eigenvalue weighted by molar-refractivity contribution is -0.116. The molecule has 2 nitrogen and oxygen atoms in total. The van der Waals surface area contributed by atoms with E-state index in [1.165, 1.54) is 57.4 Å². The molecule has 0 fully saturated rings. The van der Waals surface area contributed by atoms with E-state index in [1.807, 2.05) is 0 Å². The first-order chi connectivity index (χ1) is 11.6. The Morgan fingerprint density at radius 3 is 2.08 bits per heavy atom. The standard InChI is InChI=1S/C20H29Cl2NO/c1-2-3-4-5-6-7-8-9-10-16-23-20(24)15-14-17-18(21)12-11-13-19(17)22/h11-15H,2-10,16H2,1H3,(H,23,24). The van der Waals surface area contributed by atoms with E-state index in [1.54, 1.807) is 24.3 Å². The van der Waals surface area contributed by atoms with E-state index >= 15 is 0 Å². The molecular formula is C20H29Cl2NO. The minimum absolute atomic E-state index is 0.106. The second kappa shape index (κ2) is 13.3. The number of nitrogens with one attached hydrogen (secondary N) is 1. The Morgan fingerprint density at radius 2 is 1.50 bits per heavy atom. The van der Waals surface area contributed by atoms with E-state index in [-0.39, 0.29) is 5.91 Å². The lowest BCUT2D eigenvalue weighted by atomic mass is 10.1. The van der Waals surface area contributed by atoms with Crippen molar-refractivity contribution >= 4 is 35.2 Å². The Morgan fingerprint density at radius 1 is 0.958 bits per heavy atom. The van der Waals surface area contributed by atoms with Crippen LogP contribution in [0.1, 0.15) is 70.3 Å². The molecule has 0 aliphatic heterocycles. The minimum atomic E-state index is -0.106. The maximum atomic E-state index is 11.8. The smallest absolute Gasteiger partial charge is 0.244 e. The Hall–Kier alpha value is -0.990. The number of rotatable bonds is 12. The normalized spacial score (nSPS) is 11.1. The van der Waals surface area contributed by atoms with Gasteiger partial charge in [-0.15, -0.1) is 0 Å². The minimum Gasteiger partial charge on any atom is -0.353 e. The summed E-state index contributed by atoms with van der Waals surface area (Å²) in [6.45, 7) is 2.96. The molecule has 0 saturated carbocycles. The third-order valence-electron chi connectivity index (χ3n) is 3.98. The van der Waals surface area contributed by atoms with Crippen molar-refractivity contribution in [2.24, 2.45) is 0 Å². The highest BCUT2D eigenvalue weighted by atomic mass is 35.5. The zero-order chi connectivity index (χ0) is 17.6. The maximum Gasteiger partial charge on any atom is 0.244 e. The van der Waals surface area contributed by atoms with Crippen molar-refractivity contribution in [3.8, 4) is 0 Å². The number of halogens is 2. The number of hydrogen-bond acceptors (Lipinski definition) is 1. The fourth-order valence-corrected chi connectivity index (χ4v) is 3.06. The summed E-state index contributed by atoms with van der Waals surface area (Å²) in [7, 11) is 0. The average Bonchev–Trinajstić information content (AvgIpc) is 2.56. The quantitative estimate of drug-likeness (QED) is 0.324. The van der Waals surface area contributed by atoms with Crippen LogP contribution in [0.5, 0.6) is 0 Å². The molecule has 0 aromatic heterocycles. The van der Waals surface area contributed by atoms with E-state index in [0.29, 0.717) is 15.6 Å². The third-order valence-corrected chi connectivity index (χ3v) is 4.64. The van der Waals surface area contributed by atoms with Crippen molar-refractivity contribution in [1.82, 2.24) is 5.32 Å². The summed E-state index contributed by atoms with van der Waals surface area (Å²) in [6, 6.07) is 5.30. The van der Waals surface area contributed by atoms with Crippen LogP contribution in [-0.2, 0) is 4.79 Å². The van der Waals surface area contributed by atoms with Gasteiger partial charge in [0.2, 0.25) is 5.91 Å². The van der Waals surface area contributed by atoms with Crippen LogP contribution in [0.25, 0.3) is 6.08 Å². The lowest BCUT2D eigenvalue weighted by Crippen LogP contribution is -2.21. The predicted octanol–water partition coefficient (Wildman–Crippen LogP) is 6.65. The molecule has 24 heavy (non-hydrogen) atoms. The van der Waals surface area contributed by atoms with Gasteiger partial charge in [0.05, 0.1) is 0 Å². The van der Waals surface area contributed by atoms with Gasteiger partial charge in [0.1, 0.15) is 0 Å². The third kappa shape index (κ3) is 9.34. The number of benzene rings is 1. The summed E-state index contributed by atoms with van der Waals surface area (Å²) in [4.78, 5) is 11.8. The predicted molar refractivity (Wildman–Crippen MR) is 106 cm³/mol. The van der Waals surface area contributed by atoms with Crippen molar-refractivity contribution in [2.75, 3.05) is 6.54 Å². The second-order valence-electron chi connectivity index (χ2n) is 6.09. The van der Waals surface area contributed by atoms with E-state index < -0.39 is 0 Å². The van der Waals surface area contributed by atoms with Gasteiger partial charge in [-0.3, -0.25) is 4.79 Å². The van der Waals surface area contributed by atoms with Crippen molar-refractivity contribution in [3.05, 3.63) is 39.9 Å². The van der Waals surface area contributed by atoms with Crippen LogP contribution in [-0.4, -0.2) is 12.5 Å². The van der Waals surface area contributed by atoms with Crippen LogP contribution >= 0.6 is 23.2 Å². The molecule has 0 aliphatic carbocycles. The zero-order valence-corrected chi connectivity index (χ0v) is 16.1. The van der Waals surface area contributed by atoms with Gasteiger partial charge >= 0.3 is 0 Å². The van der Waals surface area contributed by atoms with Gasteiger partial charge in [-0.25, -0.2) is 0 Å². The first-order valence-electron chi connectivity index (χ1n) is 9.05. The SMILES string of the molecule is CCCCCCCCCCCNC(=O)C=Cc1c(Cl)cccc1Cl. The molecule has 0 saturated heterocycles. The molecule has 0 aliphatic rings. The first kappa shape index (κ1) is 21.1. The second-order valence-corrected chi connectivity index (χ2v) is 6.90. The van der Waals surface area contributed by atoms with Gasteiger partial charge in [0.15, 0.2) is 0 Å². The van der Waals surface area contributed by atoms with E-state index in [9.17, 15) is 4.79 Å². The highest BCUT2D eigenvalue weighted by Crippen LogP contribution is 2.25. The lowest BCUT2D eigenvalue weighted by Gasteiger charge is -2.04. The number of carbonyl (C=O) groups is 1. The van der Waals surface area contributed by atoms with Gasteiger partial charge in [0, 0.05) is 28.2 Å². The van der Waals surface area contributed by atoms with Gasteiger partial charge in [0.25, 0.3) is 0 Å². The van der Waals surface area contributed by atoms with Crippen molar-refractivity contribution in [2.45, 2.75) is 64.7 Å². The summed E-state index contributed by atoms with van der Waals surface area (Å²) in [5.74, 6) is -0.106. The molecule has 134 valence electrons. The molecule has 1 aromatic carbocycles. The van der Waals surface area contributed by atoms with E-state index in [0.717, 1.165) is 13.0 Å². The molecule has 1 rings (SSSR count). The summed E-state index contributed by atoms with van der Waals surface area (Å²) >= 11 is 12.1. The Kier molecular flexibility index (Phi) is 11.7. The summed E-state index contributed by atoms with van der Waals surface area (Å²) in [6.07, 6.45) is 14.7. The van der Waals surface area contributed by atoms with Crippen LogP contribution in [0, 0.1) is 0 Å². The highest BCUT2D eigenvalue weighted by Gasteiger charge is 2.02. The molecule has 0 bridgehead atoms. The number of amides is 1. The van der Waals surface area contributed by atoms with E-state index in [4.69, 9.17) is 23.2 Å². The number of hydrogen-bond donors (Lipinski definition) is 1. The Balaban J connectivity index is 2.09. The topological polar surface area (TPSA) is 29.1 Å². The van der Waals surface area contributed by atoms with Crippen LogP contribution in [0.2, 0.25) is 10.0 Å². The Bertz CT molecular complexity index is 494. The Labute approximate surface area is 156 Å². The molecule has 1 amide bonds. The fraction of sp³-hybridized carbons (Fsp3) is 0.550. The van der Waals surface area contributed by atoms with E-state index in [2.05, 4.69) is 12.2 Å². The molecule has 0 radical (unpaired) electrons. The molecule has 0 unspecified atom stereocenters. The van der Waals surface area contributed by atoms with Gasteiger partial charge < -0.3 is 5.32 Å². The van der Waals surface area contributed by atoms with Crippen molar-refractivity contribution < 1.29 is 4.79 Å². The van der Waals surface area contributed by atoms with Gasteiger partial charge in [-0.1, -0.05) is 87.6 Å². The van der Waals surface area contributed by atoms with Crippen LogP contribution in [0.15, 0.2) is 24.3 Å². The first-order valence-corrected chi connectivity index (χ1v) is 9.80. The molecule has 4 heteroatoms. The summed E-state index contributed by atoms with van der Waals surface area (Å²) in [5, 5.41) is 3.99. The maximum absolute atomic E-state index is 11.8. The number of carbonyl (C=O) groups excluding carboxylic acids is 1. The summed E-state index contributed by atoms with van der Waals surface area (Å²) < 4.78 is 0. The fourth-order valence-electron chi connectivity index (χ4n) is 2.54.